The Bertz CT molecular complexity index is 461. The van der Waals surface area contributed by atoms with E-state index in [1.165, 1.54) is 23.2 Å². The molecule has 2 aromatic rings. The molecule has 2 heterocycles. The molecule has 16 heavy (non-hydrogen) atoms. The number of rotatable bonds is 2. The van der Waals surface area contributed by atoms with Gasteiger partial charge in [-0.15, -0.1) is 11.3 Å². The highest BCUT2D eigenvalue weighted by Crippen LogP contribution is 2.36. The minimum absolute atomic E-state index is 0.700. The molecule has 0 aliphatic carbocycles. The summed E-state index contributed by atoms with van der Waals surface area (Å²) in [4.78, 5) is 4.10. The molecule has 3 rings (SSSR count). The molecule has 0 atom stereocenters. The van der Waals surface area contributed by atoms with Gasteiger partial charge in [0.25, 0.3) is 0 Å². The van der Waals surface area contributed by atoms with Crippen LogP contribution in [0.3, 0.4) is 0 Å². The third-order valence-electron chi connectivity index (χ3n) is 3.49. The molecule has 0 unspecified atom stereocenters. The topological polar surface area (TPSA) is 3.24 Å². The summed E-state index contributed by atoms with van der Waals surface area (Å²) in [6.45, 7) is 7.04. The van der Waals surface area contributed by atoms with E-state index in [9.17, 15) is 0 Å². The van der Waals surface area contributed by atoms with Crippen molar-refractivity contribution in [3.05, 3.63) is 35.2 Å². The summed E-state index contributed by atoms with van der Waals surface area (Å²) in [5.74, 6) is 0.778. The average Bonchev–Trinajstić information content (AvgIpc) is 2.57. The Morgan fingerprint density at radius 2 is 2.00 bits per heavy atom. The van der Waals surface area contributed by atoms with Gasteiger partial charge < -0.3 is 0 Å². The highest BCUT2D eigenvalue weighted by Gasteiger charge is 2.30. The van der Waals surface area contributed by atoms with E-state index in [1.54, 1.807) is 4.88 Å². The maximum Gasteiger partial charge on any atom is 0.0345 e. The Hall–Kier alpha value is -0.860. The molecule has 1 aliphatic rings. The van der Waals surface area contributed by atoms with Crippen LogP contribution >= 0.6 is 11.3 Å². The smallest absolute Gasteiger partial charge is 0.0345 e. The molecule has 1 aromatic carbocycles. The fourth-order valence-electron chi connectivity index (χ4n) is 2.32. The summed E-state index contributed by atoms with van der Waals surface area (Å²) in [7, 11) is 0. The maximum atomic E-state index is 2.54. The molecule has 84 valence electrons. The second-order valence-electron chi connectivity index (χ2n) is 4.93. The molecule has 0 spiro atoms. The third-order valence-corrected chi connectivity index (χ3v) is 4.77. The zero-order valence-electron chi connectivity index (χ0n) is 9.81. The van der Waals surface area contributed by atoms with Crippen molar-refractivity contribution in [1.82, 2.24) is 4.90 Å². The van der Waals surface area contributed by atoms with Crippen LogP contribution in [-0.4, -0.2) is 24.0 Å². The van der Waals surface area contributed by atoms with Crippen molar-refractivity contribution in [2.24, 2.45) is 0 Å². The molecule has 1 saturated heterocycles. The quantitative estimate of drug-likeness (QED) is 0.761. The van der Waals surface area contributed by atoms with Gasteiger partial charge in [0.2, 0.25) is 0 Å². The summed E-state index contributed by atoms with van der Waals surface area (Å²) in [5, 5.41) is 1.41. The Labute approximate surface area is 101 Å². The summed E-state index contributed by atoms with van der Waals surface area (Å²) < 4.78 is 1.43. The number of nitrogens with zero attached hydrogens (tertiary/aromatic N) is 1. The first-order valence-corrected chi connectivity index (χ1v) is 6.78. The number of benzene rings is 1. The van der Waals surface area contributed by atoms with Crippen molar-refractivity contribution in [3.63, 3.8) is 0 Å². The molecular formula is C14H17NS. The van der Waals surface area contributed by atoms with Crippen LogP contribution in [0.2, 0.25) is 0 Å². The van der Waals surface area contributed by atoms with Gasteiger partial charge in [0.05, 0.1) is 0 Å². The molecule has 0 N–H and O–H groups in total. The van der Waals surface area contributed by atoms with Crippen LogP contribution in [0.25, 0.3) is 10.1 Å². The first kappa shape index (κ1) is 10.3. The van der Waals surface area contributed by atoms with Gasteiger partial charge in [-0.2, -0.15) is 0 Å². The first-order valence-electron chi connectivity index (χ1n) is 5.96. The number of thiophene rings is 1. The molecule has 2 heteroatoms. The minimum atomic E-state index is 0.700. The van der Waals surface area contributed by atoms with Gasteiger partial charge in [0.15, 0.2) is 0 Å². The van der Waals surface area contributed by atoms with Gasteiger partial charge in [-0.25, -0.2) is 0 Å². The summed E-state index contributed by atoms with van der Waals surface area (Å²) in [6.07, 6.45) is 0. The lowest BCUT2D eigenvalue weighted by Gasteiger charge is -2.41. The average molecular weight is 231 g/mol. The maximum absolute atomic E-state index is 2.54. The van der Waals surface area contributed by atoms with Gasteiger partial charge in [0, 0.05) is 34.6 Å². The lowest BCUT2D eigenvalue weighted by Crippen LogP contribution is -2.48. The van der Waals surface area contributed by atoms with Crippen molar-refractivity contribution in [2.75, 3.05) is 13.1 Å². The number of fused-ring (bicyclic) bond motifs is 1. The van der Waals surface area contributed by atoms with Crippen molar-refractivity contribution < 1.29 is 0 Å². The summed E-state index contributed by atoms with van der Waals surface area (Å²) >= 11 is 1.97. The predicted molar refractivity (Wildman–Crippen MR) is 71.3 cm³/mol. The van der Waals surface area contributed by atoms with Crippen molar-refractivity contribution >= 4 is 21.4 Å². The van der Waals surface area contributed by atoms with Crippen molar-refractivity contribution in [1.29, 1.82) is 0 Å². The van der Waals surface area contributed by atoms with Crippen molar-refractivity contribution in [2.45, 2.75) is 25.8 Å². The molecule has 0 saturated carbocycles. The van der Waals surface area contributed by atoms with E-state index >= 15 is 0 Å². The van der Waals surface area contributed by atoms with Crippen LogP contribution in [0.15, 0.2) is 30.3 Å². The van der Waals surface area contributed by atoms with Gasteiger partial charge in [-0.3, -0.25) is 4.90 Å². The van der Waals surface area contributed by atoms with E-state index in [2.05, 4.69) is 49.1 Å². The zero-order valence-corrected chi connectivity index (χ0v) is 10.6. The lowest BCUT2D eigenvalue weighted by atomic mass is 9.96. The SMILES string of the molecule is CC(C)N1CC(c2cc3ccccc3s2)C1. The summed E-state index contributed by atoms with van der Waals surface area (Å²) in [5.41, 5.74) is 0. The monoisotopic (exact) mass is 231 g/mol. The molecule has 1 fully saturated rings. The highest BCUT2D eigenvalue weighted by atomic mass is 32.1. The van der Waals surface area contributed by atoms with E-state index < -0.39 is 0 Å². The van der Waals surface area contributed by atoms with E-state index in [0.717, 1.165) is 5.92 Å². The fourth-order valence-corrected chi connectivity index (χ4v) is 3.46. The molecule has 0 radical (unpaired) electrons. The second kappa shape index (κ2) is 3.86. The predicted octanol–water partition coefficient (Wildman–Crippen LogP) is 3.71. The van der Waals surface area contributed by atoms with Crippen LogP contribution in [0.4, 0.5) is 0 Å². The molecule has 0 bridgehead atoms. The van der Waals surface area contributed by atoms with E-state index in [0.29, 0.717) is 6.04 Å². The van der Waals surface area contributed by atoms with Crippen LogP contribution in [0.5, 0.6) is 0 Å². The van der Waals surface area contributed by atoms with Crippen LogP contribution < -0.4 is 0 Å². The zero-order chi connectivity index (χ0) is 11.1. The lowest BCUT2D eigenvalue weighted by molar-refractivity contribution is 0.111. The Balaban J connectivity index is 1.81. The first-order chi connectivity index (χ1) is 7.74. The molecule has 1 nitrogen and oxygen atoms in total. The van der Waals surface area contributed by atoms with Gasteiger partial charge in [0.1, 0.15) is 0 Å². The van der Waals surface area contributed by atoms with Gasteiger partial charge in [-0.05, 0) is 31.4 Å². The highest BCUT2D eigenvalue weighted by molar-refractivity contribution is 7.19. The third kappa shape index (κ3) is 1.66. The molecule has 1 aromatic heterocycles. The van der Waals surface area contributed by atoms with Crippen LogP contribution in [0, 0.1) is 0 Å². The van der Waals surface area contributed by atoms with Crippen LogP contribution in [-0.2, 0) is 0 Å². The number of likely N-dealkylation sites (tertiary alicyclic amines) is 1. The molecular weight excluding hydrogens is 214 g/mol. The van der Waals surface area contributed by atoms with Crippen LogP contribution in [0.1, 0.15) is 24.6 Å². The van der Waals surface area contributed by atoms with E-state index in [1.807, 2.05) is 11.3 Å². The number of hydrogen-bond acceptors (Lipinski definition) is 2. The van der Waals surface area contributed by atoms with E-state index in [-0.39, 0.29) is 0 Å². The molecule has 0 amide bonds. The Morgan fingerprint density at radius 1 is 1.25 bits per heavy atom. The standard InChI is InChI=1S/C14H17NS/c1-10(2)15-8-12(9-15)14-7-11-5-3-4-6-13(11)16-14/h3-7,10,12H,8-9H2,1-2H3. The number of hydrogen-bond donors (Lipinski definition) is 0. The Kier molecular flexibility index (Phi) is 2.49. The molecule has 1 aliphatic heterocycles. The largest absolute Gasteiger partial charge is 0.300 e. The van der Waals surface area contributed by atoms with Gasteiger partial charge >= 0.3 is 0 Å². The fraction of sp³-hybridized carbons (Fsp3) is 0.429. The Morgan fingerprint density at radius 3 is 2.69 bits per heavy atom. The normalized spacial score (nSPS) is 18.2. The summed E-state index contributed by atoms with van der Waals surface area (Å²) in [6, 6.07) is 11.8. The van der Waals surface area contributed by atoms with E-state index in [4.69, 9.17) is 0 Å². The van der Waals surface area contributed by atoms with Crippen molar-refractivity contribution in [3.8, 4) is 0 Å². The second-order valence-corrected chi connectivity index (χ2v) is 6.05. The minimum Gasteiger partial charge on any atom is -0.300 e. The van der Waals surface area contributed by atoms with Gasteiger partial charge in [-0.1, -0.05) is 18.2 Å².